The molecule has 4 heterocycles. The highest BCUT2D eigenvalue weighted by Gasteiger charge is 2.54. The SMILES string of the molecule is CCN(C(=O)c1cc(F)ccc1Oc1cncnc1N1CC2(CC(Oc3ccnc4c3C(CCN(C)C)NCC4)C2)C1)C(C)C. The van der Waals surface area contributed by atoms with E-state index in [0.29, 0.717) is 18.1 Å². The number of pyridine rings is 1. The number of ether oxygens (including phenoxy) is 2. The lowest BCUT2D eigenvalue weighted by molar-refractivity contribution is -0.0352. The molecule has 6 rings (SSSR count). The van der Waals surface area contributed by atoms with Crippen LogP contribution in [-0.2, 0) is 6.42 Å². The van der Waals surface area contributed by atoms with Gasteiger partial charge >= 0.3 is 0 Å². The zero-order valence-corrected chi connectivity index (χ0v) is 26.9. The van der Waals surface area contributed by atoms with E-state index in [0.717, 1.165) is 63.3 Å². The second kappa shape index (κ2) is 12.9. The van der Waals surface area contributed by atoms with E-state index in [-0.39, 0.29) is 40.8 Å². The van der Waals surface area contributed by atoms with Crippen LogP contribution in [0.3, 0.4) is 0 Å². The summed E-state index contributed by atoms with van der Waals surface area (Å²) in [7, 11) is 4.21. The molecule has 2 aliphatic heterocycles. The molecule has 1 N–H and O–H groups in total. The van der Waals surface area contributed by atoms with Gasteiger partial charge in [-0.25, -0.2) is 14.4 Å². The summed E-state index contributed by atoms with van der Waals surface area (Å²) in [5.41, 5.74) is 2.71. The minimum Gasteiger partial charge on any atom is -0.490 e. The first kappa shape index (κ1) is 31.2. The van der Waals surface area contributed by atoms with E-state index >= 15 is 0 Å². The molecule has 3 aliphatic rings. The molecule has 10 nitrogen and oxygen atoms in total. The molecule has 0 radical (unpaired) electrons. The van der Waals surface area contributed by atoms with Gasteiger partial charge in [0.05, 0.1) is 17.5 Å². The average Bonchev–Trinajstić information content (AvgIpc) is 2.98. The molecule has 1 amide bonds. The number of halogens is 1. The Morgan fingerprint density at radius 2 is 1.96 bits per heavy atom. The first-order chi connectivity index (χ1) is 21.7. The summed E-state index contributed by atoms with van der Waals surface area (Å²) < 4.78 is 27.1. The fourth-order valence-corrected chi connectivity index (χ4v) is 7.01. The third-order valence-corrected chi connectivity index (χ3v) is 9.24. The van der Waals surface area contributed by atoms with Gasteiger partial charge in [0.15, 0.2) is 11.6 Å². The largest absolute Gasteiger partial charge is 0.490 e. The van der Waals surface area contributed by atoms with Crippen molar-refractivity contribution in [2.24, 2.45) is 5.41 Å². The zero-order valence-electron chi connectivity index (χ0n) is 26.9. The molecule has 240 valence electrons. The van der Waals surface area contributed by atoms with Crippen LogP contribution >= 0.6 is 0 Å². The Bertz CT molecular complexity index is 1520. The Hall–Kier alpha value is -3.83. The molecule has 3 aromatic rings. The maximum absolute atomic E-state index is 14.3. The van der Waals surface area contributed by atoms with Crippen molar-refractivity contribution in [2.75, 3.05) is 51.7 Å². The number of benzene rings is 1. The highest BCUT2D eigenvalue weighted by atomic mass is 19.1. The Balaban J connectivity index is 1.11. The predicted molar refractivity (Wildman–Crippen MR) is 171 cm³/mol. The lowest BCUT2D eigenvalue weighted by Gasteiger charge is -2.59. The molecular weight excluding hydrogens is 573 g/mol. The van der Waals surface area contributed by atoms with Gasteiger partial charge in [0.1, 0.15) is 29.7 Å². The van der Waals surface area contributed by atoms with Crippen LogP contribution in [0.5, 0.6) is 17.2 Å². The van der Waals surface area contributed by atoms with Crippen LogP contribution in [0.1, 0.15) is 67.7 Å². The van der Waals surface area contributed by atoms with Crippen molar-refractivity contribution >= 4 is 11.7 Å². The van der Waals surface area contributed by atoms with Crippen LogP contribution in [-0.4, -0.2) is 89.6 Å². The summed E-state index contributed by atoms with van der Waals surface area (Å²) in [6.07, 6.45) is 9.00. The fourth-order valence-electron chi connectivity index (χ4n) is 7.01. The molecule has 2 fully saturated rings. The van der Waals surface area contributed by atoms with Crippen LogP contribution in [0, 0.1) is 11.2 Å². The van der Waals surface area contributed by atoms with Gasteiger partial charge < -0.3 is 29.5 Å². The van der Waals surface area contributed by atoms with Gasteiger partial charge in [0.25, 0.3) is 5.91 Å². The van der Waals surface area contributed by atoms with Crippen molar-refractivity contribution in [3.8, 4) is 17.2 Å². The highest BCUT2D eigenvalue weighted by Crippen LogP contribution is 2.52. The zero-order chi connectivity index (χ0) is 31.7. The molecule has 1 aromatic carbocycles. The van der Waals surface area contributed by atoms with E-state index in [9.17, 15) is 9.18 Å². The molecule has 1 atom stereocenters. The molecule has 11 heteroatoms. The number of anilines is 1. The number of carbonyl (C=O) groups excluding carboxylic acids is 1. The lowest BCUT2D eigenvalue weighted by atomic mass is 9.61. The molecule has 1 unspecified atom stereocenters. The van der Waals surface area contributed by atoms with E-state index < -0.39 is 5.82 Å². The number of nitrogens with zero attached hydrogens (tertiary/aromatic N) is 6. The maximum atomic E-state index is 14.3. The van der Waals surface area contributed by atoms with Crippen molar-refractivity contribution in [1.29, 1.82) is 0 Å². The van der Waals surface area contributed by atoms with E-state index in [1.807, 2.05) is 33.0 Å². The Morgan fingerprint density at radius 1 is 1.16 bits per heavy atom. The summed E-state index contributed by atoms with van der Waals surface area (Å²) in [5.74, 6) is 1.57. The van der Waals surface area contributed by atoms with E-state index in [4.69, 9.17) is 9.47 Å². The Kier molecular flexibility index (Phi) is 8.92. The Labute approximate surface area is 265 Å². The summed E-state index contributed by atoms with van der Waals surface area (Å²) >= 11 is 0. The first-order valence-electron chi connectivity index (χ1n) is 16.0. The number of rotatable bonds is 11. The minimum absolute atomic E-state index is 0.0352. The van der Waals surface area contributed by atoms with E-state index in [1.54, 1.807) is 11.1 Å². The summed E-state index contributed by atoms with van der Waals surface area (Å²) in [4.78, 5) is 32.8. The average molecular weight is 618 g/mol. The molecule has 1 aliphatic carbocycles. The number of hydrogen-bond donors (Lipinski definition) is 1. The number of hydrogen-bond acceptors (Lipinski definition) is 9. The minimum atomic E-state index is -0.492. The predicted octanol–water partition coefficient (Wildman–Crippen LogP) is 4.86. The number of fused-ring (bicyclic) bond motifs is 1. The Morgan fingerprint density at radius 3 is 2.69 bits per heavy atom. The summed E-state index contributed by atoms with van der Waals surface area (Å²) in [5, 5.41) is 3.67. The first-order valence-corrected chi connectivity index (χ1v) is 16.0. The third-order valence-electron chi connectivity index (χ3n) is 9.24. The van der Waals surface area contributed by atoms with Gasteiger partial charge in [0, 0.05) is 61.9 Å². The monoisotopic (exact) mass is 617 g/mol. The molecule has 1 spiro atoms. The van der Waals surface area contributed by atoms with Gasteiger partial charge in [-0.05, 0) is 84.9 Å². The van der Waals surface area contributed by atoms with Gasteiger partial charge in [0.2, 0.25) is 0 Å². The molecular formula is C34H44FN7O3. The quantitative estimate of drug-likeness (QED) is 0.324. The van der Waals surface area contributed by atoms with Crippen molar-refractivity contribution < 1.29 is 18.7 Å². The molecule has 1 saturated heterocycles. The van der Waals surface area contributed by atoms with Crippen LogP contribution in [0.2, 0.25) is 0 Å². The lowest BCUT2D eigenvalue weighted by Crippen LogP contribution is -2.65. The third kappa shape index (κ3) is 6.46. The van der Waals surface area contributed by atoms with Crippen molar-refractivity contribution in [1.82, 2.24) is 30.1 Å². The molecule has 1 saturated carbocycles. The number of carbonyl (C=O) groups is 1. The molecule has 0 bridgehead atoms. The number of aromatic nitrogens is 3. The van der Waals surface area contributed by atoms with Crippen molar-refractivity contribution in [3.05, 3.63) is 65.6 Å². The van der Waals surface area contributed by atoms with Crippen LogP contribution in [0.4, 0.5) is 10.2 Å². The maximum Gasteiger partial charge on any atom is 0.257 e. The van der Waals surface area contributed by atoms with Crippen LogP contribution < -0.4 is 19.7 Å². The normalized spacial score (nSPS) is 18.8. The molecule has 2 aromatic heterocycles. The fraction of sp³-hybridized carbons (Fsp3) is 0.529. The van der Waals surface area contributed by atoms with Gasteiger partial charge in [-0.2, -0.15) is 0 Å². The number of amides is 1. The van der Waals surface area contributed by atoms with E-state index in [1.165, 1.54) is 30.1 Å². The van der Waals surface area contributed by atoms with Crippen molar-refractivity contribution in [2.45, 2.75) is 64.6 Å². The standard InChI is InChI=1S/C34H44FN7O3/c1-6-42(22(2)3)33(43)25-15-23(35)7-8-28(25)45-30-18-36-21-39-32(30)41-19-34(20-41)16-24(17-34)44-29-10-13-38-26-9-12-37-27(31(26)29)11-14-40(4)5/h7-8,10,13,15,18,21-22,24,27,37H,6,9,11-12,14,16-17,19-20H2,1-5H3. The van der Waals surface area contributed by atoms with Gasteiger partial charge in [-0.1, -0.05) is 0 Å². The summed E-state index contributed by atoms with van der Waals surface area (Å²) in [6.45, 7) is 9.87. The van der Waals surface area contributed by atoms with Crippen LogP contribution in [0.15, 0.2) is 43.0 Å². The van der Waals surface area contributed by atoms with Gasteiger partial charge in [-0.15, -0.1) is 0 Å². The highest BCUT2D eigenvalue weighted by molar-refractivity contribution is 5.97. The number of nitrogens with one attached hydrogen (secondary N) is 1. The second-order valence-electron chi connectivity index (χ2n) is 13.2. The smallest absolute Gasteiger partial charge is 0.257 e. The van der Waals surface area contributed by atoms with Crippen molar-refractivity contribution in [3.63, 3.8) is 0 Å². The topological polar surface area (TPSA) is 96.0 Å². The second-order valence-corrected chi connectivity index (χ2v) is 13.2. The molecule has 45 heavy (non-hydrogen) atoms. The summed E-state index contributed by atoms with van der Waals surface area (Å²) in [6, 6.07) is 6.27. The van der Waals surface area contributed by atoms with Gasteiger partial charge in [-0.3, -0.25) is 9.78 Å². The van der Waals surface area contributed by atoms with Crippen LogP contribution in [0.25, 0.3) is 0 Å². The van der Waals surface area contributed by atoms with E-state index in [2.05, 4.69) is 44.2 Å².